The van der Waals surface area contributed by atoms with Gasteiger partial charge in [0.1, 0.15) is 0 Å². The van der Waals surface area contributed by atoms with E-state index in [4.69, 9.17) is 0 Å². The molecule has 100 valence electrons. The van der Waals surface area contributed by atoms with Crippen molar-refractivity contribution in [2.24, 2.45) is 0 Å². The second-order valence-corrected chi connectivity index (χ2v) is 5.98. The van der Waals surface area contributed by atoms with Gasteiger partial charge in [-0.05, 0) is 29.9 Å². The lowest BCUT2D eigenvalue weighted by molar-refractivity contribution is -0.120. The summed E-state index contributed by atoms with van der Waals surface area (Å²) in [5.41, 5.74) is 1.14. The average molecular weight is 291 g/mol. The number of hydrogen-bond donors (Lipinski definition) is 2. The zero-order chi connectivity index (χ0) is 13.5. The molecule has 1 atom stereocenters. The van der Waals surface area contributed by atoms with Crippen LogP contribution in [-0.2, 0) is 17.6 Å². The van der Waals surface area contributed by atoms with Gasteiger partial charge >= 0.3 is 0 Å². The molecule has 0 saturated heterocycles. The first kappa shape index (κ1) is 14.2. The summed E-state index contributed by atoms with van der Waals surface area (Å²) in [6.07, 6.45) is 1.55. The van der Waals surface area contributed by atoms with Crippen molar-refractivity contribution in [1.29, 1.82) is 0 Å². The van der Waals surface area contributed by atoms with Crippen LogP contribution in [0.4, 0.5) is 0 Å². The summed E-state index contributed by atoms with van der Waals surface area (Å²) in [7, 11) is 0. The molecule has 1 amide bonds. The van der Waals surface area contributed by atoms with E-state index in [1.165, 1.54) is 4.88 Å². The van der Waals surface area contributed by atoms with Crippen molar-refractivity contribution in [2.45, 2.75) is 18.1 Å². The van der Waals surface area contributed by atoms with Crippen molar-refractivity contribution >= 4 is 29.9 Å². The van der Waals surface area contributed by atoms with Gasteiger partial charge in [-0.25, -0.2) is 0 Å². The molecular weight excluding hydrogens is 274 g/mol. The zero-order valence-corrected chi connectivity index (χ0v) is 12.3. The highest BCUT2D eigenvalue weighted by molar-refractivity contribution is 7.81. The van der Waals surface area contributed by atoms with Crippen LogP contribution in [0.2, 0.25) is 0 Å². The van der Waals surface area contributed by atoms with Crippen LogP contribution < -0.4 is 5.32 Å². The van der Waals surface area contributed by atoms with Crippen LogP contribution in [0, 0.1) is 0 Å². The van der Waals surface area contributed by atoms with E-state index in [9.17, 15) is 4.79 Å². The fourth-order valence-electron chi connectivity index (χ4n) is 1.81. The molecule has 4 heteroatoms. The zero-order valence-electron chi connectivity index (χ0n) is 10.6. The van der Waals surface area contributed by atoms with E-state index in [1.54, 1.807) is 11.3 Å². The lowest BCUT2D eigenvalue weighted by Gasteiger charge is -2.11. The van der Waals surface area contributed by atoms with E-state index in [-0.39, 0.29) is 11.2 Å². The number of carbonyl (C=O) groups is 1. The minimum atomic E-state index is -0.286. The third kappa shape index (κ3) is 4.73. The maximum Gasteiger partial charge on any atom is 0.233 e. The third-order valence-electron chi connectivity index (χ3n) is 2.83. The molecule has 0 saturated carbocycles. The second-order valence-electron chi connectivity index (χ2n) is 4.33. The first-order valence-electron chi connectivity index (χ1n) is 6.28. The molecule has 1 heterocycles. The Labute approximate surface area is 123 Å². The van der Waals surface area contributed by atoms with E-state index in [0.717, 1.165) is 12.0 Å². The number of thiophene rings is 1. The van der Waals surface area contributed by atoms with E-state index >= 15 is 0 Å². The molecule has 2 aromatic rings. The number of carbonyl (C=O) groups excluding carboxylic acids is 1. The molecule has 1 aromatic carbocycles. The van der Waals surface area contributed by atoms with Crippen molar-refractivity contribution in [3.8, 4) is 0 Å². The number of thiol groups is 1. The molecule has 19 heavy (non-hydrogen) atoms. The topological polar surface area (TPSA) is 29.1 Å². The van der Waals surface area contributed by atoms with Crippen LogP contribution in [0.15, 0.2) is 47.8 Å². The molecule has 0 aliphatic heterocycles. The standard InChI is InChI=1S/C15H17NOS2/c17-15(16-9-8-13-7-4-10-19-13)14(18)11-12-5-2-1-3-6-12/h1-7,10,14,18H,8-9,11H2,(H,16,17). The Morgan fingerprint density at radius 3 is 2.68 bits per heavy atom. The second kappa shape index (κ2) is 7.36. The summed E-state index contributed by atoms with van der Waals surface area (Å²) in [5, 5.41) is 4.70. The SMILES string of the molecule is O=C(NCCc1cccs1)C(S)Cc1ccccc1. The maximum atomic E-state index is 11.9. The lowest BCUT2D eigenvalue weighted by Crippen LogP contribution is -2.34. The van der Waals surface area contributed by atoms with Gasteiger partial charge in [0.15, 0.2) is 0 Å². The molecule has 0 spiro atoms. The van der Waals surface area contributed by atoms with Gasteiger partial charge in [0.25, 0.3) is 0 Å². The summed E-state index contributed by atoms with van der Waals surface area (Å²) in [6, 6.07) is 14.1. The van der Waals surface area contributed by atoms with Gasteiger partial charge in [0.05, 0.1) is 5.25 Å². The highest BCUT2D eigenvalue weighted by atomic mass is 32.1. The average Bonchev–Trinajstić information content (AvgIpc) is 2.93. The molecule has 1 unspecified atom stereocenters. The van der Waals surface area contributed by atoms with Crippen LogP contribution in [0.3, 0.4) is 0 Å². The van der Waals surface area contributed by atoms with Gasteiger partial charge in [-0.15, -0.1) is 11.3 Å². The smallest absolute Gasteiger partial charge is 0.233 e. The largest absolute Gasteiger partial charge is 0.355 e. The molecule has 0 fully saturated rings. The van der Waals surface area contributed by atoms with Crippen molar-refractivity contribution in [3.63, 3.8) is 0 Å². The molecular formula is C15H17NOS2. The molecule has 0 aliphatic carbocycles. The van der Waals surface area contributed by atoms with Crippen LogP contribution in [0.5, 0.6) is 0 Å². The van der Waals surface area contributed by atoms with E-state index < -0.39 is 0 Å². The predicted octanol–water partition coefficient (Wildman–Crippen LogP) is 2.95. The summed E-state index contributed by atoms with van der Waals surface area (Å²) in [6.45, 7) is 0.672. The van der Waals surface area contributed by atoms with Crippen LogP contribution in [0.1, 0.15) is 10.4 Å². The van der Waals surface area contributed by atoms with Crippen molar-refractivity contribution in [3.05, 3.63) is 58.3 Å². The first-order chi connectivity index (χ1) is 9.25. The fraction of sp³-hybridized carbons (Fsp3) is 0.267. The Kier molecular flexibility index (Phi) is 5.48. The van der Waals surface area contributed by atoms with Gasteiger partial charge < -0.3 is 5.32 Å². The molecule has 0 bridgehead atoms. The Morgan fingerprint density at radius 1 is 1.21 bits per heavy atom. The molecule has 2 nitrogen and oxygen atoms in total. The van der Waals surface area contributed by atoms with Gasteiger partial charge in [0.2, 0.25) is 5.91 Å². The predicted molar refractivity (Wildman–Crippen MR) is 84.0 cm³/mol. The minimum absolute atomic E-state index is 0.00347. The van der Waals surface area contributed by atoms with Crippen LogP contribution in [-0.4, -0.2) is 17.7 Å². The first-order valence-corrected chi connectivity index (χ1v) is 7.67. The summed E-state index contributed by atoms with van der Waals surface area (Å²) < 4.78 is 0. The van der Waals surface area contributed by atoms with E-state index in [2.05, 4.69) is 24.0 Å². The number of benzene rings is 1. The lowest BCUT2D eigenvalue weighted by atomic mass is 10.1. The Balaban J connectivity index is 1.73. The molecule has 1 aromatic heterocycles. The Morgan fingerprint density at radius 2 is 2.00 bits per heavy atom. The van der Waals surface area contributed by atoms with Gasteiger partial charge in [0, 0.05) is 11.4 Å². The van der Waals surface area contributed by atoms with Crippen LogP contribution >= 0.6 is 24.0 Å². The molecule has 0 aliphatic rings. The fourth-order valence-corrected chi connectivity index (χ4v) is 2.82. The summed E-state index contributed by atoms with van der Waals surface area (Å²) >= 11 is 6.09. The number of amides is 1. The Hall–Kier alpha value is -1.26. The number of rotatable bonds is 6. The molecule has 0 radical (unpaired) electrons. The van der Waals surface area contributed by atoms with E-state index in [1.807, 2.05) is 41.8 Å². The van der Waals surface area contributed by atoms with Gasteiger partial charge in [-0.1, -0.05) is 36.4 Å². The van der Waals surface area contributed by atoms with Gasteiger partial charge in [-0.3, -0.25) is 4.79 Å². The summed E-state index contributed by atoms with van der Waals surface area (Å²) in [4.78, 5) is 13.2. The Bertz CT molecular complexity index is 496. The quantitative estimate of drug-likeness (QED) is 0.787. The van der Waals surface area contributed by atoms with Crippen molar-refractivity contribution < 1.29 is 4.79 Å². The highest BCUT2D eigenvalue weighted by Crippen LogP contribution is 2.09. The number of hydrogen-bond acceptors (Lipinski definition) is 3. The van der Waals surface area contributed by atoms with Crippen molar-refractivity contribution in [1.82, 2.24) is 5.32 Å². The molecule has 2 rings (SSSR count). The normalized spacial score (nSPS) is 12.1. The number of nitrogens with one attached hydrogen (secondary N) is 1. The van der Waals surface area contributed by atoms with Crippen LogP contribution in [0.25, 0.3) is 0 Å². The summed E-state index contributed by atoms with van der Waals surface area (Å²) in [5.74, 6) is 0.00347. The minimum Gasteiger partial charge on any atom is -0.355 e. The highest BCUT2D eigenvalue weighted by Gasteiger charge is 2.13. The van der Waals surface area contributed by atoms with Gasteiger partial charge in [-0.2, -0.15) is 12.6 Å². The maximum absolute atomic E-state index is 11.9. The monoisotopic (exact) mass is 291 g/mol. The molecule has 1 N–H and O–H groups in total. The van der Waals surface area contributed by atoms with Crippen molar-refractivity contribution in [2.75, 3.05) is 6.54 Å². The van der Waals surface area contributed by atoms with E-state index in [0.29, 0.717) is 13.0 Å². The third-order valence-corrected chi connectivity index (χ3v) is 4.18.